The minimum absolute atomic E-state index is 0.117. The number of rotatable bonds is 3. The van der Waals surface area contributed by atoms with E-state index < -0.39 is 0 Å². The van der Waals surface area contributed by atoms with E-state index in [4.69, 9.17) is 16.3 Å². The summed E-state index contributed by atoms with van der Waals surface area (Å²) in [5.74, 6) is -0.301. The Hall–Kier alpha value is -1.03. The molecular weight excluding hydrogens is 192 g/mol. The number of nitrogens with zero attached hydrogens (tertiary/aromatic N) is 2. The second-order valence-corrected chi connectivity index (χ2v) is 2.95. The van der Waals surface area contributed by atoms with Gasteiger partial charge in [0, 0.05) is 0 Å². The molecule has 0 aliphatic carbocycles. The van der Waals surface area contributed by atoms with Crippen molar-refractivity contribution in [3.63, 3.8) is 0 Å². The highest BCUT2D eigenvalue weighted by Gasteiger charge is 2.08. The largest absolute Gasteiger partial charge is 0.465 e. The average Bonchev–Trinajstić information content (AvgIpc) is 2.37. The highest BCUT2D eigenvalue weighted by Crippen LogP contribution is 2.12. The molecular formula is C8H11ClN2O2. The molecule has 0 saturated heterocycles. The van der Waals surface area contributed by atoms with Crippen molar-refractivity contribution in [2.75, 3.05) is 6.61 Å². The zero-order valence-electron chi connectivity index (χ0n) is 7.58. The Morgan fingerprint density at radius 2 is 2.46 bits per heavy atom. The van der Waals surface area contributed by atoms with Crippen molar-refractivity contribution in [1.29, 1.82) is 0 Å². The van der Waals surface area contributed by atoms with Gasteiger partial charge in [-0.15, -0.1) is 0 Å². The first kappa shape index (κ1) is 10.1. The van der Waals surface area contributed by atoms with Crippen LogP contribution in [0.3, 0.4) is 0 Å². The number of hydrogen-bond acceptors (Lipinski definition) is 3. The van der Waals surface area contributed by atoms with Gasteiger partial charge < -0.3 is 4.74 Å². The fourth-order valence-corrected chi connectivity index (χ4v) is 1.05. The van der Waals surface area contributed by atoms with E-state index in [1.807, 2.05) is 0 Å². The molecule has 0 aromatic carbocycles. The Kier molecular flexibility index (Phi) is 3.31. The number of esters is 1. The molecule has 0 saturated carbocycles. The SMILES string of the molecule is CCOC(=O)Cn1ncc(Cl)c1C. The topological polar surface area (TPSA) is 44.1 Å². The number of carbonyl (C=O) groups is 1. The van der Waals surface area contributed by atoms with Crippen LogP contribution in [0.5, 0.6) is 0 Å². The van der Waals surface area contributed by atoms with Crippen LogP contribution in [0.2, 0.25) is 5.02 Å². The second-order valence-electron chi connectivity index (χ2n) is 2.54. The lowest BCUT2D eigenvalue weighted by Gasteiger charge is -2.03. The van der Waals surface area contributed by atoms with E-state index in [0.717, 1.165) is 5.69 Å². The summed E-state index contributed by atoms with van der Waals surface area (Å²) in [5.41, 5.74) is 0.773. The lowest BCUT2D eigenvalue weighted by atomic mass is 10.5. The molecule has 5 heteroatoms. The van der Waals surface area contributed by atoms with Crippen LogP contribution >= 0.6 is 11.6 Å². The second kappa shape index (κ2) is 4.28. The summed E-state index contributed by atoms with van der Waals surface area (Å²) in [6.07, 6.45) is 1.51. The van der Waals surface area contributed by atoms with Crippen LogP contribution in [-0.4, -0.2) is 22.4 Å². The molecule has 1 rings (SSSR count). The standard InChI is InChI=1S/C8H11ClN2O2/c1-3-13-8(12)5-11-6(2)7(9)4-10-11/h4H,3,5H2,1-2H3. The van der Waals surface area contributed by atoms with Crippen LogP contribution in [0.1, 0.15) is 12.6 Å². The number of carbonyl (C=O) groups excluding carboxylic acids is 1. The maximum Gasteiger partial charge on any atom is 0.327 e. The van der Waals surface area contributed by atoms with Gasteiger partial charge >= 0.3 is 5.97 Å². The average molecular weight is 203 g/mol. The highest BCUT2D eigenvalue weighted by atomic mass is 35.5. The van der Waals surface area contributed by atoms with Gasteiger partial charge in [0.2, 0.25) is 0 Å². The first-order valence-corrected chi connectivity index (χ1v) is 4.36. The molecule has 0 spiro atoms. The molecule has 0 atom stereocenters. The zero-order chi connectivity index (χ0) is 9.84. The van der Waals surface area contributed by atoms with Gasteiger partial charge in [-0.25, -0.2) is 0 Å². The summed E-state index contributed by atoms with van der Waals surface area (Å²) >= 11 is 5.75. The van der Waals surface area contributed by atoms with Crippen molar-refractivity contribution in [1.82, 2.24) is 9.78 Å². The molecule has 0 bridgehead atoms. The molecule has 0 aliphatic heterocycles. The molecule has 4 nitrogen and oxygen atoms in total. The molecule has 0 fully saturated rings. The van der Waals surface area contributed by atoms with Gasteiger partial charge in [0.15, 0.2) is 0 Å². The van der Waals surface area contributed by atoms with Crippen molar-refractivity contribution >= 4 is 17.6 Å². The van der Waals surface area contributed by atoms with Crippen LogP contribution in [0, 0.1) is 6.92 Å². The molecule has 0 amide bonds. The Labute approximate surface area is 81.4 Å². The van der Waals surface area contributed by atoms with Gasteiger partial charge in [-0.05, 0) is 13.8 Å². The quantitative estimate of drug-likeness (QED) is 0.697. The van der Waals surface area contributed by atoms with Crippen LogP contribution in [0.15, 0.2) is 6.20 Å². The summed E-state index contributed by atoms with van der Waals surface area (Å²) in [6, 6.07) is 0. The van der Waals surface area contributed by atoms with Gasteiger partial charge in [0.05, 0.1) is 23.5 Å². The molecule has 0 aliphatic rings. The molecule has 1 aromatic rings. The van der Waals surface area contributed by atoms with Gasteiger partial charge in [0.1, 0.15) is 6.54 Å². The molecule has 1 aromatic heterocycles. The maximum absolute atomic E-state index is 11.0. The van der Waals surface area contributed by atoms with E-state index in [-0.39, 0.29) is 12.5 Å². The number of hydrogen-bond donors (Lipinski definition) is 0. The normalized spacial score (nSPS) is 10.1. The predicted octanol–water partition coefficient (Wildman–Crippen LogP) is 1.41. The summed E-state index contributed by atoms with van der Waals surface area (Å²) in [4.78, 5) is 11.0. The van der Waals surface area contributed by atoms with Gasteiger partial charge in [-0.2, -0.15) is 5.10 Å². The number of aromatic nitrogens is 2. The molecule has 0 N–H and O–H groups in total. The van der Waals surface area contributed by atoms with E-state index >= 15 is 0 Å². The van der Waals surface area contributed by atoms with Crippen LogP contribution < -0.4 is 0 Å². The fourth-order valence-electron chi connectivity index (χ4n) is 0.912. The maximum atomic E-state index is 11.0. The summed E-state index contributed by atoms with van der Waals surface area (Å²) < 4.78 is 6.28. The van der Waals surface area contributed by atoms with Crippen molar-refractivity contribution in [3.05, 3.63) is 16.9 Å². The molecule has 72 valence electrons. The summed E-state index contributed by atoms with van der Waals surface area (Å²) in [7, 11) is 0. The third-order valence-corrected chi connectivity index (χ3v) is 2.00. The molecule has 0 radical (unpaired) electrons. The first-order chi connectivity index (χ1) is 6.15. The van der Waals surface area contributed by atoms with Crippen LogP contribution in [0.25, 0.3) is 0 Å². The Balaban J connectivity index is 2.64. The van der Waals surface area contributed by atoms with Crippen molar-refractivity contribution in [3.8, 4) is 0 Å². The van der Waals surface area contributed by atoms with Crippen LogP contribution in [-0.2, 0) is 16.1 Å². The Morgan fingerprint density at radius 3 is 2.92 bits per heavy atom. The molecule has 1 heterocycles. The van der Waals surface area contributed by atoms with Crippen molar-refractivity contribution in [2.24, 2.45) is 0 Å². The lowest BCUT2D eigenvalue weighted by Crippen LogP contribution is -2.15. The number of ether oxygens (including phenoxy) is 1. The number of halogens is 1. The van der Waals surface area contributed by atoms with E-state index in [1.165, 1.54) is 10.9 Å². The monoisotopic (exact) mass is 202 g/mol. The van der Waals surface area contributed by atoms with E-state index in [1.54, 1.807) is 13.8 Å². The van der Waals surface area contributed by atoms with Gasteiger partial charge in [0.25, 0.3) is 0 Å². The molecule has 0 unspecified atom stereocenters. The van der Waals surface area contributed by atoms with E-state index in [2.05, 4.69) is 5.10 Å². The predicted molar refractivity (Wildman–Crippen MR) is 48.6 cm³/mol. The summed E-state index contributed by atoms with van der Waals surface area (Å²) in [6.45, 7) is 4.06. The van der Waals surface area contributed by atoms with Gasteiger partial charge in [-0.1, -0.05) is 11.6 Å². The van der Waals surface area contributed by atoms with E-state index in [9.17, 15) is 4.79 Å². The third-order valence-electron chi connectivity index (χ3n) is 1.63. The van der Waals surface area contributed by atoms with Crippen molar-refractivity contribution in [2.45, 2.75) is 20.4 Å². The highest BCUT2D eigenvalue weighted by molar-refractivity contribution is 6.31. The lowest BCUT2D eigenvalue weighted by molar-refractivity contribution is -0.144. The zero-order valence-corrected chi connectivity index (χ0v) is 8.34. The Bertz CT molecular complexity index is 309. The minimum Gasteiger partial charge on any atom is -0.465 e. The first-order valence-electron chi connectivity index (χ1n) is 3.98. The smallest absolute Gasteiger partial charge is 0.327 e. The Morgan fingerprint density at radius 1 is 1.77 bits per heavy atom. The fraction of sp³-hybridized carbons (Fsp3) is 0.500. The van der Waals surface area contributed by atoms with Crippen molar-refractivity contribution < 1.29 is 9.53 Å². The minimum atomic E-state index is -0.301. The molecule has 13 heavy (non-hydrogen) atoms. The van der Waals surface area contributed by atoms with E-state index in [0.29, 0.717) is 11.6 Å². The third kappa shape index (κ3) is 2.45. The van der Waals surface area contributed by atoms with Crippen LogP contribution in [0.4, 0.5) is 0 Å². The summed E-state index contributed by atoms with van der Waals surface area (Å²) in [5, 5.41) is 4.48. The van der Waals surface area contributed by atoms with Gasteiger partial charge in [-0.3, -0.25) is 9.48 Å².